The monoisotopic (exact) mass is 481 g/mol. The number of halogens is 1. The fraction of sp³-hybridized carbons (Fsp3) is 0.348. The zero-order chi connectivity index (χ0) is 21.8. The van der Waals surface area contributed by atoms with Crippen molar-refractivity contribution in [3.8, 4) is 18.1 Å². The van der Waals surface area contributed by atoms with E-state index in [0.717, 1.165) is 17.3 Å². The topological polar surface area (TPSA) is 84.7 Å². The normalized spacial score (nSPS) is 28.8. The molecule has 3 aliphatic heterocycles. The average Bonchev–Trinajstić information content (AvgIpc) is 3.40. The third-order valence-corrected chi connectivity index (χ3v) is 7.23. The molecule has 0 aromatic heterocycles. The van der Waals surface area contributed by atoms with Crippen molar-refractivity contribution in [1.29, 1.82) is 0 Å². The fourth-order valence-electron chi connectivity index (χ4n) is 5.78. The number of para-hydroxylation sites is 1. The number of hydrogen-bond acceptors (Lipinski definition) is 5. The van der Waals surface area contributed by atoms with Gasteiger partial charge in [-0.3, -0.25) is 19.8 Å². The highest BCUT2D eigenvalue weighted by atomic mass is 79.9. The number of hydrogen-bond donors (Lipinski definition) is 1. The van der Waals surface area contributed by atoms with E-state index in [0.29, 0.717) is 29.1 Å². The summed E-state index contributed by atoms with van der Waals surface area (Å²) >= 11 is 3.50. The number of ether oxygens (including phenoxy) is 1. The van der Waals surface area contributed by atoms with Crippen molar-refractivity contribution in [2.45, 2.75) is 36.4 Å². The highest BCUT2D eigenvalue weighted by Gasteiger charge is 2.73. The van der Waals surface area contributed by atoms with Crippen LogP contribution in [0.4, 0.5) is 5.69 Å². The van der Waals surface area contributed by atoms with Gasteiger partial charge in [0.25, 0.3) is 11.9 Å². The molecule has 5 rings (SSSR count). The van der Waals surface area contributed by atoms with Crippen molar-refractivity contribution in [3.05, 3.63) is 68.2 Å². The fourth-order valence-corrected chi connectivity index (χ4v) is 6.16. The number of carbonyl (C=O) groups is 1. The maximum Gasteiger partial charge on any atom is 0.256 e. The summed E-state index contributed by atoms with van der Waals surface area (Å²) in [6.07, 6.45) is 7.03. The van der Waals surface area contributed by atoms with Crippen LogP contribution in [0.2, 0.25) is 0 Å². The van der Waals surface area contributed by atoms with Gasteiger partial charge >= 0.3 is 0 Å². The lowest BCUT2D eigenvalue weighted by Gasteiger charge is -2.32. The second-order valence-corrected chi connectivity index (χ2v) is 9.02. The van der Waals surface area contributed by atoms with Crippen LogP contribution >= 0.6 is 15.9 Å². The Labute approximate surface area is 188 Å². The van der Waals surface area contributed by atoms with Crippen LogP contribution in [-0.2, 0) is 10.3 Å². The van der Waals surface area contributed by atoms with Crippen LogP contribution < -0.4 is 10.1 Å². The lowest BCUT2D eigenvalue weighted by molar-refractivity contribution is -0.534. The third-order valence-electron chi connectivity index (χ3n) is 6.74. The first-order valence-electron chi connectivity index (χ1n) is 10.2. The van der Waals surface area contributed by atoms with Crippen LogP contribution in [0.1, 0.15) is 29.9 Å². The second-order valence-electron chi connectivity index (χ2n) is 8.10. The SMILES string of the molecule is C#CCOc1ccc(Br)cc1[C@H]1[C@H]([N+](=O)[O-])[C@]2(C(=O)Nc3ccccc32)N2CCC[C@@H]12. The largest absolute Gasteiger partial charge is 0.481 e. The number of fused-ring (bicyclic) bond motifs is 4. The van der Waals surface area contributed by atoms with Crippen molar-refractivity contribution >= 4 is 27.5 Å². The average molecular weight is 482 g/mol. The molecule has 0 unspecified atom stereocenters. The van der Waals surface area contributed by atoms with Gasteiger partial charge in [0.1, 0.15) is 12.4 Å². The van der Waals surface area contributed by atoms with Crippen molar-refractivity contribution < 1.29 is 14.5 Å². The van der Waals surface area contributed by atoms with Crippen LogP contribution in [0.3, 0.4) is 0 Å². The van der Waals surface area contributed by atoms with Gasteiger partial charge in [-0.1, -0.05) is 40.0 Å². The Morgan fingerprint density at radius 3 is 2.94 bits per heavy atom. The van der Waals surface area contributed by atoms with Crippen molar-refractivity contribution in [2.75, 3.05) is 18.5 Å². The molecule has 2 saturated heterocycles. The van der Waals surface area contributed by atoms with Gasteiger partial charge in [0.15, 0.2) is 5.54 Å². The molecule has 0 aliphatic carbocycles. The summed E-state index contributed by atoms with van der Waals surface area (Å²) in [7, 11) is 0. The Hall–Kier alpha value is -2.89. The molecule has 3 aliphatic rings. The molecular weight excluding hydrogens is 462 g/mol. The minimum absolute atomic E-state index is 0.0628. The van der Waals surface area contributed by atoms with Crippen LogP contribution in [0, 0.1) is 22.5 Å². The van der Waals surface area contributed by atoms with E-state index in [-0.39, 0.29) is 23.5 Å². The van der Waals surface area contributed by atoms with Crippen LogP contribution in [0.25, 0.3) is 0 Å². The van der Waals surface area contributed by atoms with E-state index in [2.05, 4.69) is 32.1 Å². The van der Waals surface area contributed by atoms with E-state index in [1.54, 1.807) is 12.1 Å². The van der Waals surface area contributed by atoms with Gasteiger partial charge < -0.3 is 10.1 Å². The molecule has 8 heteroatoms. The number of nitrogens with one attached hydrogen (secondary N) is 1. The maximum atomic E-state index is 13.5. The van der Waals surface area contributed by atoms with E-state index < -0.39 is 17.5 Å². The Morgan fingerprint density at radius 2 is 2.16 bits per heavy atom. The summed E-state index contributed by atoms with van der Waals surface area (Å²) in [4.78, 5) is 27.9. The summed E-state index contributed by atoms with van der Waals surface area (Å²) in [5.41, 5.74) is 0.677. The van der Waals surface area contributed by atoms with Gasteiger partial charge in [-0.15, -0.1) is 6.42 Å². The Bertz CT molecular complexity index is 1130. The number of rotatable bonds is 4. The maximum absolute atomic E-state index is 13.5. The van der Waals surface area contributed by atoms with E-state index in [1.165, 1.54) is 0 Å². The zero-order valence-electron chi connectivity index (χ0n) is 16.6. The molecule has 7 nitrogen and oxygen atoms in total. The Morgan fingerprint density at radius 1 is 1.35 bits per heavy atom. The van der Waals surface area contributed by atoms with Crippen molar-refractivity contribution in [2.24, 2.45) is 0 Å². The molecule has 2 aromatic rings. The van der Waals surface area contributed by atoms with Crippen LogP contribution in [0.5, 0.6) is 5.75 Å². The third kappa shape index (κ3) is 2.73. The summed E-state index contributed by atoms with van der Waals surface area (Å²) in [6, 6.07) is 11.4. The summed E-state index contributed by atoms with van der Waals surface area (Å²) in [5.74, 6) is 2.12. The van der Waals surface area contributed by atoms with Gasteiger partial charge in [-0.2, -0.15) is 0 Å². The molecule has 0 radical (unpaired) electrons. The number of anilines is 1. The number of benzene rings is 2. The van der Waals surface area contributed by atoms with Crippen LogP contribution in [-0.4, -0.2) is 41.0 Å². The predicted molar refractivity (Wildman–Crippen MR) is 118 cm³/mol. The smallest absolute Gasteiger partial charge is 0.256 e. The van der Waals surface area contributed by atoms with E-state index in [1.807, 2.05) is 30.3 Å². The molecule has 0 bridgehead atoms. The number of amides is 1. The highest BCUT2D eigenvalue weighted by molar-refractivity contribution is 9.10. The standard InChI is InChI=1S/C23H20BrN3O4/c1-2-12-31-19-10-9-14(24)13-15(19)20-18-8-5-11-26(18)23(21(20)27(29)30)16-6-3-4-7-17(16)25-22(23)28/h1,3-4,6-7,9-10,13,18,20-21H,5,8,11-12H2,(H,25,28)/t18-,20+,21-,23+/m0/s1. The molecule has 2 aromatic carbocycles. The summed E-state index contributed by atoms with van der Waals surface area (Å²) < 4.78 is 6.57. The lowest BCUT2D eigenvalue weighted by atomic mass is 9.77. The van der Waals surface area contributed by atoms with Gasteiger partial charge in [-0.05, 0) is 37.1 Å². The van der Waals surface area contributed by atoms with Crippen molar-refractivity contribution in [3.63, 3.8) is 0 Å². The van der Waals surface area contributed by atoms with Gasteiger partial charge in [0, 0.05) is 38.8 Å². The zero-order valence-corrected chi connectivity index (χ0v) is 18.2. The van der Waals surface area contributed by atoms with Gasteiger partial charge in [-0.25, -0.2) is 0 Å². The second kappa shape index (κ2) is 7.36. The Balaban J connectivity index is 1.75. The quantitative estimate of drug-likeness (QED) is 0.410. The first-order valence-corrected chi connectivity index (χ1v) is 11.0. The van der Waals surface area contributed by atoms with Crippen LogP contribution in [0.15, 0.2) is 46.9 Å². The minimum atomic E-state index is -1.35. The van der Waals surface area contributed by atoms with E-state index in [4.69, 9.17) is 11.2 Å². The molecule has 1 amide bonds. The highest BCUT2D eigenvalue weighted by Crippen LogP contribution is 2.59. The number of terminal acetylenes is 1. The van der Waals surface area contributed by atoms with E-state index >= 15 is 0 Å². The molecule has 1 spiro atoms. The van der Waals surface area contributed by atoms with E-state index in [9.17, 15) is 14.9 Å². The number of carbonyl (C=O) groups excluding carboxylic acids is 1. The predicted octanol–water partition coefficient (Wildman–Crippen LogP) is 3.52. The summed E-state index contributed by atoms with van der Waals surface area (Å²) in [5, 5.41) is 15.6. The lowest BCUT2D eigenvalue weighted by Crippen LogP contribution is -2.55. The molecular formula is C23H20BrN3O4. The number of nitro groups is 1. The van der Waals surface area contributed by atoms with Crippen molar-refractivity contribution in [1.82, 2.24) is 4.90 Å². The van der Waals surface area contributed by atoms with Gasteiger partial charge in [0.05, 0.1) is 5.92 Å². The number of nitrogens with zero attached hydrogens (tertiary/aromatic N) is 2. The Kier molecular flexibility index (Phi) is 4.76. The first-order chi connectivity index (χ1) is 15.0. The molecule has 1 N–H and O–H groups in total. The summed E-state index contributed by atoms with van der Waals surface area (Å²) in [6.45, 7) is 0.690. The van der Waals surface area contributed by atoms with Gasteiger partial charge in [0.2, 0.25) is 0 Å². The molecule has 0 saturated carbocycles. The minimum Gasteiger partial charge on any atom is -0.481 e. The molecule has 31 heavy (non-hydrogen) atoms. The first kappa shape index (κ1) is 20.0. The molecule has 3 heterocycles. The molecule has 4 atom stereocenters. The molecule has 158 valence electrons. The molecule has 2 fully saturated rings.